The average molecular weight is 248 g/mol. The van der Waals surface area contributed by atoms with Crippen LogP contribution in [0.15, 0.2) is 18.5 Å². The molecule has 6 nitrogen and oxygen atoms in total. The second-order valence-corrected chi connectivity index (χ2v) is 4.21. The van der Waals surface area contributed by atoms with Crippen LogP contribution in [0.3, 0.4) is 0 Å². The number of pyridine rings is 1. The SMILES string of the molecule is CNc1ccncc1C(=O)N1CCN(C)C(=O)C1. The van der Waals surface area contributed by atoms with Crippen molar-refractivity contribution in [2.45, 2.75) is 0 Å². The molecule has 1 aliphatic rings. The Morgan fingerprint density at radius 1 is 1.44 bits per heavy atom. The Kier molecular flexibility index (Phi) is 3.45. The van der Waals surface area contributed by atoms with Gasteiger partial charge in [0.2, 0.25) is 5.91 Å². The maximum atomic E-state index is 12.3. The number of likely N-dealkylation sites (N-methyl/N-ethyl adjacent to an activating group) is 1. The first-order valence-corrected chi connectivity index (χ1v) is 5.78. The highest BCUT2D eigenvalue weighted by molar-refractivity contribution is 6.01. The van der Waals surface area contributed by atoms with E-state index in [1.54, 1.807) is 36.2 Å². The minimum absolute atomic E-state index is 0.0375. The van der Waals surface area contributed by atoms with Gasteiger partial charge in [-0.05, 0) is 6.07 Å². The van der Waals surface area contributed by atoms with Crippen LogP contribution in [0.4, 0.5) is 5.69 Å². The first kappa shape index (κ1) is 12.3. The zero-order chi connectivity index (χ0) is 13.1. The largest absolute Gasteiger partial charge is 0.387 e. The van der Waals surface area contributed by atoms with Gasteiger partial charge in [0.05, 0.1) is 5.56 Å². The van der Waals surface area contributed by atoms with E-state index in [9.17, 15) is 9.59 Å². The monoisotopic (exact) mass is 248 g/mol. The van der Waals surface area contributed by atoms with E-state index >= 15 is 0 Å². The van der Waals surface area contributed by atoms with Crippen LogP contribution in [0.25, 0.3) is 0 Å². The molecule has 0 aromatic carbocycles. The fraction of sp³-hybridized carbons (Fsp3) is 0.417. The third-order valence-electron chi connectivity index (χ3n) is 3.07. The molecule has 1 fully saturated rings. The Morgan fingerprint density at radius 2 is 2.22 bits per heavy atom. The number of anilines is 1. The molecule has 1 saturated heterocycles. The number of hydrogen-bond acceptors (Lipinski definition) is 4. The van der Waals surface area contributed by atoms with Crippen molar-refractivity contribution in [2.24, 2.45) is 0 Å². The number of aromatic nitrogens is 1. The molecule has 0 radical (unpaired) electrons. The summed E-state index contributed by atoms with van der Waals surface area (Å²) in [6, 6.07) is 1.74. The highest BCUT2D eigenvalue weighted by Crippen LogP contribution is 2.16. The Labute approximate surface area is 106 Å². The van der Waals surface area contributed by atoms with Gasteiger partial charge in [0.1, 0.15) is 6.54 Å². The molecule has 0 saturated carbocycles. The zero-order valence-corrected chi connectivity index (χ0v) is 10.5. The average Bonchev–Trinajstić information content (AvgIpc) is 2.41. The maximum Gasteiger partial charge on any atom is 0.258 e. The van der Waals surface area contributed by atoms with Gasteiger partial charge in [0.25, 0.3) is 5.91 Å². The molecule has 96 valence electrons. The van der Waals surface area contributed by atoms with Gasteiger partial charge in [-0.2, -0.15) is 0 Å². The van der Waals surface area contributed by atoms with Gasteiger partial charge < -0.3 is 15.1 Å². The lowest BCUT2D eigenvalue weighted by Crippen LogP contribution is -2.50. The van der Waals surface area contributed by atoms with Crippen LogP contribution in [0.5, 0.6) is 0 Å². The lowest BCUT2D eigenvalue weighted by molar-refractivity contribution is -0.133. The summed E-state index contributed by atoms with van der Waals surface area (Å²) in [7, 11) is 3.49. The Hall–Kier alpha value is -2.11. The highest BCUT2D eigenvalue weighted by Gasteiger charge is 2.26. The molecule has 2 amide bonds. The van der Waals surface area contributed by atoms with Gasteiger partial charge in [-0.1, -0.05) is 0 Å². The smallest absolute Gasteiger partial charge is 0.258 e. The summed E-state index contributed by atoms with van der Waals surface area (Å²) in [4.78, 5) is 31.0. The molecular weight excluding hydrogens is 232 g/mol. The Bertz CT molecular complexity index is 475. The van der Waals surface area contributed by atoms with Gasteiger partial charge >= 0.3 is 0 Å². The van der Waals surface area contributed by atoms with Gasteiger partial charge in [-0.3, -0.25) is 14.6 Å². The molecule has 18 heavy (non-hydrogen) atoms. The summed E-state index contributed by atoms with van der Waals surface area (Å²) in [5, 5.41) is 2.95. The molecule has 0 bridgehead atoms. The quantitative estimate of drug-likeness (QED) is 0.802. The van der Waals surface area contributed by atoms with E-state index in [1.807, 2.05) is 0 Å². The maximum absolute atomic E-state index is 12.3. The van der Waals surface area contributed by atoms with Gasteiger partial charge in [-0.25, -0.2) is 0 Å². The van der Waals surface area contributed by atoms with Crippen LogP contribution in [0.2, 0.25) is 0 Å². The van der Waals surface area contributed by atoms with Gasteiger partial charge in [-0.15, -0.1) is 0 Å². The van der Waals surface area contributed by atoms with E-state index in [0.29, 0.717) is 18.7 Å². The van der Waals surface area contributed by atoms with E-state index in [4.69, 9.17) is 0 Å². The number of nitrogens with zero attached hydrogens (tertiary/aromatic N) is 3. The van der Waals surface area contributed by atoms with Crippen LogP contribution >= 0.6 is 0 Å². The molecule has 1 aromatic heterocycles. The van der Waals surface area contributed by atoms with Crippen molar-refractivity contribution in [3.05, 3.63) is 24.0 Å². The number of piperazine rings is 1. The van der Waals surface area contributed by atoms with E-state index in [-0.39, 0.29) is 18.4 Å². The van der Waals surface area contributed by atoms with E-state index in [2.05, 4.69) is 10.3 Å². The van der Waals surface area contributed by atoms with Crippen LogP contribution < -0.4 is 5.32 Å². The van der Waals surface area contributed by atoms with Gasteiger partial charge in [0.15, 0.2) is 0 Å². The van der Waals surface area contributed by atoms with E-state index in [0.717, 1.165) is 5.69 Å². The molecule has 2 heterocycles. The number of hydrogen-bond donors (Lipinski definition) is 1. The third kappa shape index (κ3) is 2.27. The Balaban J connectivity index is 2.19. The molecule has 2 rings (SSSR count). The number of rotatable bonds is 2. The summed E-state index contributed by atoms with van der Waals surface area (Å²) >= 11 is 0. The predicted octanol–water partition coefficient (Wildman–Crippen LogP) is 0.0375. The number of amides is 2. The van der Waals surface area contributed by atoms with Crippen molar-refractivity contribution in [1.29, 1.82) is 0 Å². The minimum Gasteiger partial charge on any atom is -0.387 e. The summed E-state index contributed by atoms with van der Waals surface area (Å²) < 4.78 is 0. The molecule has 0 atom stereocenters. The molecule has 0 unspecified atom stereocenters. The first-order valence-electron chi connectivity index (χ1n) is 5.78. The van der Waals surface area contributed by atoms with Crippen molar-refractivity contribution in [3.8, 4) is 0 Å². The van der Waals surface area contributed by atoms with Crippen molar-refractivity contribution in [1.82, 2.24) is 14.8 Å². The van der Waals surface area contributed by atoms with Crippen molar-refractivity contribution in [2.75, 3.05) is 39.0 Å². The zero-order valence-electron chi connectivity index (χ0n) is 10.5. The van der Waals surface area contributed by atoms with Crippen LogP contribution in [-0.4, -0.2) is 60.3 Å². The predicted molar refractivity (Wildman–Crippen MR) is 67.3 cm³/mol. The van der Waals surface area contributed by atoms with Crippen molar-refractivity contribution in [3.63, 3.8) is 0 Å². The number of carbonyl (C=O) groups excluding carboxylic acids is 2. The number of nitrogens with one attached hydrogen (secondary N) is 1. The fourth-order valence-corrected chi connectivity index (χ4v) is 1.89. The van der Waals surface area contributed by atoms with Gasteiger partial charge in [0, 0.05) is 45.3 Å². The van der Waals surface area contributed by atoms with E-state index in [1.165, 1.54) is 6.20 Å². The van der Waals surface area contributed by atoms with Crippen LogP contribution in [0.1, 0.15) is 10.4 Å². The summed E-state index contributed by atoms with van der Waals surface area (Å²) in [6.45, 7) is 1.26. The number of carbonyl (C=O) groups is 2. The molecule has 6 heteroatoms. The van der Waals surface area contributed by atoms with Crippen LogP contribution in [-0.2, 0) is 4.79 Å². The standard InChI is InChI=1S/C12H16N4O2/c1-13-10-3-4-14-7-9(10)12(18)16-6-5-15(2)11(17)8-16/h3-4,7H,5-6,8H2,1-2H3,(H,13,14). The summed E-state index contributed by atoms with van der Waals surface area (Å²) in [6.07, 6.45) is 3.15. The minimum atomic E-state index is -0.158. The highest BCUT2D eigenvalue weighted by atomic mass is 16.2. The molecule has 1 N–H and O–H groups in total. The molecule has 1 aliphatic heterocycles. The van der Waals surface area contributed by atoms with Crippen LogP contribution in [0, 0.1) is 0 Å². The Morgan fingerprint density at radius 3 is 2.89 bits per heavy atom. The molecule has 1 aromatic rings. The topological polar surface area (TPSA) is 65.5 Å². The second-order valence-electron chi connectivity index (χ2n) is 4.21. The van der Waals surface area contributed by atoms with Crippen molar-refractivity contribution < 1.29 is 9.59 Å². The second kappa shape index (κ2) is 5.03. The lowest BCUT2D eigenvalue weighted by atomic mass is 10.2. The normalized spacial score (nSPS) is 15.8. The molecule has 0 aliphatic carbocycles. The van der Waals surface area contributed by atoms with E-state index < -0.39 is 0 Å². The summed E-state index contributed by atoms with van der Waals surface area (Å²) in [5.74, 6) is -0.196. The first-order chi connectivity index (χ1) is 8.63. The third-order valence-corrected chi connectivity index (χ3v) is 3.07. The molecule has 0 spiro atoms. The van der Waals surface area contributed by atoms with Crippen molar-refractivity contribution >= 4 is 17.5 Å². The molecular formula is C12H16N4O2. The fourth-order valence-electron chi connectivity index (χ4n) is 1.89. The summed E-state index contributed by atoms with van der Waals surface area (Å²) in [5.41, 5.74) is 1.22. The lowest BCUT2D eigenvalue weighted by Gasteiger charge is -2.32.